The Morgan fingerprint density at radius 1 is 1.28 bits per heavy atom. The zero-order valence-corrected chi connectivity index (χ0v) is 10.1. The molecule has 1 aromatic rings. The van der Waals surface area contributed by atoms with Gasteiger partial charge in [-0.15, -0.1) is 0 Å². The lowest BCUT2D eigenvalue weighted by Gasteiger charge is -2.30. The van der Waals surface area contributed by atoms with Crippen LogP contribution in [0.25, 0.3) is 0 Å². The maximum atomic E-state index is 11.2. The van der Waals surface area contributed by atoms with Crippen molar-refractivity contribution in [1.29, 1.82) is 0 Å². The summed E-state index contributed by atoms with van der Waals surface area (Å²) in [5, 5.41) is 8.23. The van der Waals surface area contributed by atoms with Crippen LogP contribution in [0.5, 0.6) is 0 Å². The molecule has 0 aliphatic carbocycles. The molecule has 3 N–H and O–H groups in total. The molecule has 0 radical (unpaired) electrons. The van der Waals surface area contributed by atoms with Crippen molar-refractivity contribution in [2.45, 2.75) is 24.9 Å². The smallest absolute Gasteiger partial charge is 0.321 e. The number of carbonyl (C=O) groups excluding carboxylic acids is 2. The van der Waals surface area contributed by atoms with E-state index in [1.807, 2.05) is 18.2 Å². The number of amides is 3. The molecule has 1 aliphatic rings. The summed E-state index contributed by atoms with van der Waals surface area (Å²) in [6.45, 7) is 0.714. The standard InChI is InChI=1S/C13H17N3O2/c17-9-15-13(18)16-11-6-7-12(14-8-11)10-4-2-1-3-5-10/h1-5,9,11-12,14H,6-8H2,(H2,15,16,17,18). The predicted molar refractivity (Wildman–Crippen MR) is 67.9 cm³/mol. The van der Waals surface area contributed by atoms with Gasteiger partial charge in [-0.2, -0.15) is 0 Å². The molecule has 96 valence electrons. The van der Waals surface area contributed by atoms with Crippen molar-refractivity contribution in [2.75, 3.05) is 6.54 Å². The molecule has 1 saturated heterocycles. The quantitative estimate of drug-likeness (QED) is 0.696. The molecule has 0 bridgehead atoms. The fraction of sp³-hybridized carbons (Fsp3) is 0.385. The van der Waals surface area contributed by atoms with Crippen LogP contribution in [0, 0.1) is 0 Å². The fourth-order valence-electron chi connectivity index (χ4n) is 2.23. The Balaban J connectivity index is 1.81. The lowest BCUT2D eigenvalue weighted by Crippen LogP contribution is -2.49. The van der Waals surface area contributed by atoms with Crippen LogP contribution >= 0.6 is 0 Å². The Morgan fingerprint density at radius 3 is 2.67 bits per heavy atom. The highest BCUT2D eigenvalue weighted by Gasteiger charge is 2.22. The minimum absolute atomic E-state index is 0.0740. The van der Waals surface area contributed by atoms with Gasteiger partial charge in [0.2, 0.25) is 6.41 Å². The van der Waals surface area contributed by atoms with E-state index in [0.29, 0.717) is 19.0 Å². The summed E-state index contributed by atoms with van der Waals surface area (Å²) in [4.78, 5) is 21.3. The summed E-state index contributed by atoms with van der Waals surface area (Å²) in [5.74, 6) is 0. The van der Waals surface area contributed by atoms with E-state index < -0.39 is 6.03 Å². The molecule has 1 heterocycles. The highest BCUT2D eigenvalue weighted by Crippen LogP contribution is 2.22. The third kappa shape index (κ3) is 3.30. The van der Waals surface area contributed by atoms with E-state index in [1.54, 1.807) is 0 Å². The maximum Gasteiger partial charge on any atom is 0.321 e. The number of rotatable bonds is 3. The van der Waals surface area contributed by atoms with Crippen molar-refractivity contribution in [3.05, 3.63) is 35.9 Å². The van der Waals surface area contributed by atoms with Crippen molar-refractivity contribution in [3.63, 3.8) is 0 Å². The average Bonchev–Trinajstić information content (AvgIpc) is 2.41. The Labute approximate surface area is 106 Å². The molecular formula is C13H17N3O2. The number of urea groups is 1. The van der Waals surface area contributed by atoms with Crippen LogP contribution in [-0.2, 0) is 4.79 Å². The van der Waals surface area contributed by atoms with E-state index in [9.17, 15) is 9.59 Å². The summed E-state index contributed by atoms with van der Waals surface area (Å²) in [6, 6.07) is 10.2. The molecule has 2 unspecified atom stereocenters. The number of carbonyl (C=O) groups is 2. The molecule has 1 aliphatic heterocycles. The number of hydrogen-bond acceptors (Lipinski definition) is 3. The highest BCUT2D eigenvalue weighted by atomic mass is 16.2. The van der Waals surface area contributed by atoms with Gasteiger partial charge in [-0.05, 0) is 18.4 Å². The van der Waals surface area contributed by atoms with Gasteiger partial charge in [0.25, 0.3) is 0 Å². The van der Waals surface area contributed by atoms with Gasteiger partial charge in [-0.1, -0.05) is 30.3 Å². The molecule has 18 heavy (non-hydrogen) atoms. The SMILES string of the molecule is O=CNC(=O)NC1CCC(c2ccccc2)NC1. The van der Waals surface area contributed by atoms with Gasteiger partial charge in [0.15, 0.2) is 0 Å². The van der Waals surface area contributed by atoms with Crippen molar-refractivity contribution in [2.24, 2.45) is 0 Å². The highest BCUT2D eigenvalue weighted by molar-refractivity contribution is 5.84. The van der Waals surface area contributed by atoms with Crippen LogP contribution in [-0.4, -0.2) is 25.0 Å². The van der Waals surface area contributed by atoms with Crippen LogP contribution in [0.1, 0.15) is 24.4 Å². The molecule has 5 heteroatoms. The molecular weight excluding hydrogens is 230 g/mol. The van der Waals surface area contributed by atoms with Gasteiger partial charge in [0.05, 0.1) is 0 Å². The molecule has 0 aromatic heterocycles. The van der Waals surface area contributed by atoms with Crippen molar-refractivity contribution < 1.29 is 9.59 Å². The number of piperidine rings is 1. The van der Waals surface area contributed by atoms with Crippen LogP contribution in [0.4, 0.5) is 4.79 Å². The first-order chi connectivity index (χ1) is 8.79. The van der Waals surface area contributed by atoms with Crippen LogP contribution in [0.3, 0.4) is 0 Å². The molecule has 1 fully saturated rings. The molecule has 2 rings (SSSR count). The second kappa shape index (κ2) is 6.16. The first-order valence-corrected chi connectivity index (χ1v) is 6.08. The van der Waals surface area contributed by atoms with E-state index in [1.165, 1.54) is 5.56 Å². The van der Waals surface area contributed by atoms with Gasteiger partial charge in [-0.25, -0.2) is 4.79 Å². The third-order valence-corrected chi connectivity index (χ3v) is 3.14. The van der Waals surface area contributed by atoms with E-state index in [2.05, 4.69) is 28.1 Å². The lowest BCUT2D eigenvalue weighted by atomic mass is 9.95. The maximum absolute atomic E-state index is 11.2. The fourth-order valence-corrected chi connectivity index (χ4v) is 2.23. The predicted octanol–water partition coefficient (Wildman–Crippen LogP) is 0.935. The first-order valence-electron chi connectivity index (χ1n) is 6.08. The average molecular weight is 247 g/mol. The minimum Gasteiger partial charge on any atom is -0.334 e. The van der Waals surface area contributed by atoms with E-state index in [0.717, 1.165) is 12.8 Å². The Bertz CT molecular complexity index is 400. The number of imide groups is 1. The summed E-state index contributed by atoms with van der Waals surface area (Å²) in [7, 11) is 0. The Hall–Kier alpha value is -1.88. The summed E-state index contributed by atoms with van der Waals surface area (Å²) in [6.07, 6.45) is 2.26. The summed E-state index contributed by atoms with van der Waals surface area (Å²) >= 11 is 0. The number of hydrogen-bond donors (Lipinski definition) is 3. The molecule has 5 nitrogen and oxygen atoms in total. The Kier molecular flexibility index (Phi) is 4.30. The normalized spacial score (nSPS) is 23.1. The van der Waals surface area contributed by atoms with E-state index >= 15 is 0 Å². The van der Waals surface area contributed by atoms with Crippen molar-refractivity contribution >= 4 is 12.4 Å². The molecule has 0 saturated carbocycles. The molecule has 2 atom stereocenters. The minimum atomic E-state index is -0.435. The van der Waals surface area contributed by atoms with Gasteiger partial charge in [0, 0.05) is 18.6 Å². The van der Waals surface area contributed by atoms with Gasteiger partial charge >= 0.3 is 6.03 Å². The van der Waals surface area contributed by atoms with Gasteiger partial charge < -0.3 is 10.6 Å². The number of nitrogens with one attached hydrogen (secondary N) is 3. The number of benzene rings is 1. The van der Waals surface area contributed by atoms with Crippen molar-refractivity contribution in [1.82, 2.24) is 16.0 Å². The molecule has 3 amide bonds. The van der Waals surface area contributed by atoms with E-state index in [-0.39, 0.29) is 6.04 Å². The van der Waals surface area contributed by atoms with Crippen molar-refractivity contribution in [3.8, 4) is 0 Å². The summed E-state index contributed by atoms with van der Waals surface area (Å²) < 4.78 is 0. The van der Waals surface area contributed by atoms with Crippen LogP contribution in [0.15, 0.2) is 30.3 Å². The topological polar surface area (TPSA) is 70.2 Å². The third-order valence-electron chi connectivity index (χ3n) is 3.14. The Morgan fingerprint density at radius 2 is 2.06 bits per heavy atom. The first kappa shape index (κ1) is 12.6. The van der Waals surface area contributed by atoms with Gasteiger partial charge in [0.1, 0.15) is 0 Å². The second-order valence-electron chi connectivity index (χ2n) is 4.38. The second-order valence-corrected chi connectivity index (χ2v) is 4.38. The van der Waals surface area contributed by atoms with Gasteiger partial charge in [-0.3, -0.25) is 10.1 Å². The van der Waals surface area contributed by atoms with E-state index in [4.69, 9.17) is 0 Å². The molecule has 1 aromatic carbocycles. The van der Waals surface area contributed by atoms with Crippen LogP contribution < -0.4 is 16.0 Å². The zero-order chi connectivity index (χ0) is 12.8. The molecule has 0 spiro atoms. The zero-order valence-electron chi connectivity index (χ0n) is 10.1. The lowest BCUT2D eigenvalue weighted by molar-refractivity contribution is -0.108. The largest absolute Gasteiger partial charge is 0.334 e. The van der Waals surface area contributed by atoms with Crippen LogP contribution in [0.2, 0.25) is 0 Å². The summed E-state index contributed by atoms with van der Waals surface area (Å²) in [5.41, 5.74) is 1.27. The monoisotopic (exact) mass is 247 g/mol.